The van der Waals surface area contributed by atoms with E-state index in [1.165, 1.54) is 0 Å². The van der Waals surface area contributed by atoms with E-state index in [0.717, 1.165) is 28.2 Å². The normalized spacial score (nSPS) is 19.5. The third-order valence-corrected chi connectivity index (χ3v) is 6.44. The molecule has 1 amide bonds. The number of aliphatic hydroxyl groups excluding tert-OH is 1. The zero-order valence-electron chi connectivity index (χ0n) is 16.1. The van der Waals surface area contributed by atoms with Crippen LogP contribution in [0.2, 0.25) is 0 Å². The molecule has 0 unspecified atom stereocenters. The van der Waals surface area contributed by atoms with Crippen LogP contribution in [0.15, 0.2) is 24.4 Å². The van der Waals surface area contributed by atoms with E-state index in [-0.39, 0.29) is 25.4 Å². The van der Waals surface area contributed by atoms with E-state index in [0.29, 0.717) is 30.2 Å². The minimum atomic E-state index is -1.42. The van der Waals surface area contributed by atoms with Crippen LogP contribution in [0.25, 0.3) is 0 Å². The molecule has 1 atom stereocenters. The number of rotatable bonds is 5. The average Bonchev–Trinajstić information content (AvgIpc) is 3.34. The number of aromatic nitrogens is 1. The molecule has 0 saturated carbocycles. The molecule has 8 nitrogen and oxygen atoms in total. The first-order chi connectivity index (χ1) is 13.9. The van der Waals surface area contributed by atoms with Crippen LogP contribution in [-0.4, -0.2) is 56.6 Å². The van der Waals surface area contributed by atoms with Crippen molar-refractivity contribution in [1.82, 2.24) is 9.27 Å². The van der Waals surface area contributed by atoms with E-state index in [9.17, 15) is 19.8 Å². The number of carbonyl (C=O) groups is 2. The number of piperidine rings is 1. The lowest BCUT2D eigenvalue weighted by Crippen LogP contribution is -2.52. The van der Waals surface area contributed by atoms with Crippen molar-refractivity contribution in [2.75, 3.05) is 25.0 Å². The highest BCUT2D eigenvalue weighted by Gasteiger charge is 2.40. The number of likely N-dealkylation sites (tertiary alicyclic amines) is 1. The molecule has 2 aromatic rings. The Kier molecular flexibility index (Phi) is 5.39. The quantitative estimate of drug-likeness (QED) is 0.634. The molecule has 2 aliphatic rings. The highest BCUT2D eigenvalue weighted by Crippen LogP contribution is 2.31. The summed E-state index contributed by atoms with van der Waals surface area (Å²) in [6.45, 7) is 3.51. The fourth-order valence-corrected chi connectivity index (χ4v) is 4.41. The molecule has 1 aromatic carbocycles. The highest BCUT2D eigenvalue weighted by atomic mass is 32.1. The third-order valence-electron chi connectivity index (χ3n) is 5.78. The van der Waals surface area contributed by atoms with Gasteiger partial charge in [0.05, 0.1) is 11.7 Å². The summed E-state index contributed by atoms with van der Waals surface area (Å²) in [5.74, 6) is -0.739. The Morgan fingerprint density at radius 2 is 2.14 bits per heavy atom. The fraction of sp³-hybridized carbons (Fsp3) is 0.450. The number of hydrogen-bond acceptors (Lipinski definition) is 8. The lowest BCUT2D eigenvalue weighted by atomic mass is 9.89. The summed E-state index contributed by atoms with van der Waals surface area (Å²) < 4.78 is 9.00. The van der Waals surface area contributed by atoms with Gasteiger partial charge < -0.3 is 25.2 Å². The highest BCUT2D eigenvalue weighted by molar-refractivity contribution is 7.10. The molecule has 3 N–H and O–H groups in total. The number of nitrogens with one attached hydrogen (secondary N) is 1. The molecule has 9 heteroatoms. The van der Waals surface area contributed by atoms with Gasteiger partial charge in [0.1, 0.15) is 17.2 Å². The zero-order chi connectivity index (χ0) is 20.6. The number of carbonyl (C=O) groups excluding carboxylic acids is 2. The van der Waals surface area contributed by atoms with Crippen LogP contribution in [-0.2, 0) is 16.1 Å². The molecular weight excluding hydrogens is 394 g/mol. The number of cyclic esters (lactones) is 1. The Labute approximate surface area is 172 Å². The first-order valence-corrected chi connectivity index (χ1v) is 10.3. The number of fused-ring (bicyclic) bond motifs is 1. The first kappa shape index (κ1) is 20.0. The lowest BCUT2D eigenvalue weighted by Gasteiger charge is -2.37. The minimum Gasteiger partial charge on any atom is -0.457 e. The molecule has 4 rings (SSSR count). The van der Waals surface area contributed by atoms with E-state index in [1.807, 2.05) is 11.8 Å². The third kappa shape index (κ3) is 3.91. The number of benzene rings is 1. The standard InChI is InChI=1S/C20H23N3O5S/c1-12-13(2-3-14-15(12)11-28-18(14)25)16(24)10-23-8-5-20(27,6-9-23)19(26)22-17-4-7-21-29-17/h2-4,7,16,24,27H,5-6,8-11H2,1H3,(H,22,26)/t16-/m0/s1. The van der Waals surface area contributed by atoms with E-state index >= 15 is 0 Å². The molecule has 0 radical (unpaired) electrons. The number of aliphatic hydroxyl groups is 2. The Morgan fingerprint density at radius 1 is 1.38 bits per heavy atom. The van der Waals surface area contributed by atoms with Gasteiger partial charge in [-0.25, -0.2) is 4.79 Å². The smallest absolute Gasteiger partial charge is 0.338 e. The summed E-state index contributed by atoms with van der Waals surface area (Å²) in [6, 6.07) is 5.16. The summed E-state index contributed by atoms with van der Waals surface area (Å²) in [4.78, 5) is 26.1. The number of esters is 1. The predicted molar refractivity (Wildman–Crippen MR) is 107 cm³/mol. The summed E-state index contributed by atoms with van der Waals surface area (Å²) >= 11 is 1.16. The van der Waals surface area contributed by atoms with Gasteiger partial charge in [-0.05, 0) is 54.6 Å². The number of ether oxygens (including phenoxy) is 1. The molecule has 3 heterocycles. The molecule has 2 aliphatic heterocycles. The summed E-state index contributed by atoms with van der Waals surface area (Å²) in [6.07, 6.45) is 1.44. The second kappa shape index (κ2) is 7.83. The zero-order valence-corrected chi connectivity index (χ0v) is 16.9. The Bertz CT molecular complexity index is 922. The van der Waals surface area contributed by atoms with Crippen molar-refractivity contribution in [3.63, 3.8) is 0 Å². The van der Waals surface area contributed by atoms with E-state index < -0.39 is 17.6 Å². The fourth-order valence-electron chi connectivity index (χ4n) is 3.91. The van der Waals surface area contributed by atoms with Gasteiger partial charge in [-0.2, -0.15) is 4.37 Å². The van der Waals surface area contributed by atoms with Crippen molar-refractivity contribution < 1.29 is 24.5 Å². The average molecular weight is 417 g/mol. The minimum absolute atomic E-state index is 0.242. The second-order valence-electron chi connectivity index (χ2n) is 7.56. The molecule has 1 aromatic heterocycles. The van der Waals surface area contributed by atoms with Crippen molar-refractivity contribution in [2.45, 2.75) is 38.1 Å². The van der Waals surface area contributed by atoms with Crippen molar-refractivity contribution >= 4 is 28.4 Å². The number of nitrogens with zero attached hydrogens (tertiary/aromatic N) is 2. The SMILES string of the molecule is Cc1c([C@@H](O)CN2CCC(O)(C(=O)Nc3ccns3)CC2)ccc2c1COC2=O. The number of anilines is 1. The number of β-amino-alcohol motifs (C(OH)–C–C–N with tert-alkyl or cyclic N) is 1. The van der Waals surface area contributed by atoms with Gasteiger partial charge in [0.15, 0.2) is 0 Å². The summed E-state index contributed by atoms with van der Waals surface area (Å²) in [7, 11) is 0. The van der Waals surface area contributed by atoms with E-state index in [2.05, 4.69) is 9.69 Å². The maximum atomic E-state index is 12.4. The van der Waals surface area contributed by atoms with Gasteiger partial charge in [0.25, 0.3) is 5.91 Å². The Balaban J connectivity index is 1.36. The molecular formula is C20H23N3O5S. The van der Waals surface area contributed by atoms with Crippen molar-refractivity contribution in [1.29, 1.82) is 0 Å². The maximum absolute atomic E-state index is 12.4. The van der Waals surface area contributed by atoms with Crippen LogP contribution < -0.4 is 5.32 Å². The van der Waals surface area contributed by atoms with Gasteiger partial charge in [-0.3, -0.25) is 4.79 Å². The van der Waals surface area contributed by atoms with Crippen molar-refractivity contribution in [3.8, 4) is 0 Å². The van der Waals surface area contributed by atoms with Crippen molar-refractivity contribution in [2.24, 2.45) is 0 Å². The van der Waals surface area contributed by atoms with Crippen molar-refractivity contribution in [3.05, 3.63) is 46.6 Å². The van der Waals surface area contributed by atoms with Gasteiger partial charge in [0.2, 0.25) is 0 Å². The molecule has 29 heavy (non-hydrogen) atoms. The molecule has 154 valence electrons. The summed E-state index contributed by atoms with van der Waals surface area (Å²) in [5, 5.41) is 24.8. The Morgan fingerprint density at radius 3 is 2.83 bits per heavy atom. The molecule has 0 spiro atoms. The molecule has 0 bridgehead atoms. The van der Waals surface area contributed by atoms with Gasteiger partial charge >= 0.3 is 5.97 Å². The lowest BCUT2D eigenvalue weighted by molar-refractivity contribution is -0.139. The van der Waals surface area contributed by atoms with Crippen LogP contribution in [0.4, 0.5) is 5.00 Å². The topological polar surface area (TPSA) is 112 Å². The van der Waals surface area contributed by atoms with Gasteiger partial charge in [-0.1, -0.05) is 6.07 Å². The Hall–Kier alpha value is -2.33. The molecule has 1 saturated heterocycles. The van der Waals surface area contributed by atoms with E-state index in [1.54, 1.807) is 24.4 Å². The molecule has 0 aliphatic carbocycles. The van der Waals surface area contributed by atoms with Gasteiger partial charge in [-0.15, -0.1) is 0 Å². The van der Waals surface area contributed by atoms with Crippen LogP contribution in [0.1, 0.15) is 46.0 Å². The van der Waals surface area contributed by atoms with Gasteiger partial charge in [0, 0.05) is 31.4 Å². The second-order valence-corrected chi connectivity index (χ2v) is 8.39. The first-order valence-electron chi connectivity index (χ1n) is 9.52. The largest absolute Gasteiger partial charge is 0.457 e. The molecule has 1 fully saturated rings. The van der Waals surface area contributed by atoms with Crippen LogP contribution in [0.3, 0.4) is 0 Å². The van der Waals surface area contributed by atoms with Crippen LogP contribution in [0, 0.1) is 6.92 Å². The van der Waals surface area contributed by atoms with E-state index in [4.69, 9.17) is 4.74 Å². The monoisotopic (exact) mass is 417 g/mol. The number of amides is 1. The van der Waals surface area contributed by atoms with Crippen LogP contribution >= 0.6 is 11.5 Å². The summed E-state index contributed by atoms with van der Waals surface area (Å²) in [5.41, 5.74) is 1.61. The number of hydrogen-bond donors (Lipinski definition) is 3. The van der Waals surface area contributed by atoms with Crippen LogP contribution in [0.5, 0.6) is 0 Å². The predicted octanol–water partition coefficient (Wildman–Crippen LogP) is 1.62. The maximum Gasteiger partial charge on any atom is 0.338 e.